The minimum atomic E-state index is 1.15. The highest BCUT2D eigenvalue weighted by molar-refractivity contribution is 6.20. The van der Waals surface area contributed by atoms with Crippen LogP contribution in [0.15, 0.2) is 219 Å². The smallest absolute Gasteiger partial charge is 0.0619 e. The first kappa shape index (κ1) is 38.9. The minimum absolute atomic E-state index is 1.15. The molecule has 0 aliphatic heterocycles. The molecule has 10 aromatic carbocycles. The maximum absolute atomic E-state index is 3.36. The lowest BCUT2D eigenvalue weighted by atomic mass is 9.97. The summed E-state index contributed by atoms with van der Waals surface area (Å²) in [5.74, 6) is 0. The van der Waals surface area contributed by atoms with Crippen molar-refractivity contribution in [3.63, 3.8) is 0 Å². The maximum Gasteiger partial charge on any atom is 0.0619 e. The second-order valence-corrected chi connectivity index (χ2v) is 16.8. The zero-order valence-electron chi connectivity index (χ0n) is 36.5. The van der Waals surface area contributed by atoms with Crippen LogP contribution < -0.4 is 0 Å². The lowest BCUT2D eigenvalue weighted by Gasteiger charge is -2.12. The van der Waals surface area contributed by atoms with E-state index in [1.807, 2.05) is 6.92 Å². The van der Waals surface area contributed by atoms with Crippen LogP contribution in [0.1, 0.15) is 27.2 Å². The highest BCUT2D eigenvalue weighted by atomic mass is 15.0. The Bertz CT molecular complexity index is 3730. The third kappa shape index (κ3) is 6.25. The third-order valence-electron chi connectivity index (χ3n) is 12.6. The predicted octanol–water partition coefficient (Wildman–Crippen LogP) is 17.8. The summed E-state index contributed by atoms with van der Waals surface area (Å²) >= 11 is 0. The SMILES string of the molecule is C=CC.CCC.c1ccc(-n2c3ccccc3c3cc(-c4ccc5c(c4)c4ccc6ccccc6c4n5-c4ccc(-c5ccc6c(c5)-c5cccc7cccc-6c57)cc4)ccc32)cc1. The highest BCUT2D eigenvalue weighted by Crippen LogP contribution is 2.48. The van der Waals surface area contributed by atoms with E-state index < -0.39 is 0 Å². The Kier molecular flexibility index (Phi) is 9.78. The topological polar surface area (TPSA) is 9.86 Å². The molecule has 2 heterocycles. The summed E-state index contributed by atoms with van der Waals surface area (Å²) in [4.78, 5) is 0. The predicted molar refractivity (Wildman–Crippen MR) is 277 cm³/mol. The molecule has 64 heavy (non-hydrogen) atoms. The largest absolute Gasteiger partial charge is 0.309 e. The van der Waals surface area contributed by atoms with Gasteiger partial charge in [0.25, 0.3) is 0 Å². The maximum atomic E-state index is 3.36. The van der Waals surface area contributed by atoms with Crippen molar-refractivity contribution in [3.05, 3.63) is 219 Å². The van der Waals surface area contributed by atoms with Crippen molar-refractivity contribution < 1.29 is 0 Å². The van der Waals surface area contributed by atoms with Gasteiger partial charge in [-0.3, -0.25) is 0 Å². The molecular formula is C62H48N2. The van der Waals surface area contributed by atoms with E-state index in [1.165, 1.54) is 122 Å². The molecule has 2 nitrogen and oxygen atoms in total. The second-order valence-electron chi connectivity index (χ2n) is 16.8. The zero-order valence-corrected chi connectivity index (χ0v) is 36.5. The molecule has 0 saturated heterocycles. The minimum Gasteiger partial charge on any atom is -0.309 e. The summed E-state index contributed by atoms with van der Waals surface area (Å²) < 4.78 is 4.85. The fraction of sp³-hybridized carbons (Fsp3) is 0.0645. The van der Waals surface area contributed by atoms with Gasteiger partial charge in [-0.1, -0.05) is 172 Å². The van der Waals surface area contributed by atoms with Crippen molar-refractivity contribution in [2.24, 2.45) is 0 Å². The van der Waals surface area contributed by atoms with Gasteiger partial charge >= 0.3 is 0 Å². The number of allylic oxidation sites excluding steroid dienone is 1. The number of hydrogen-bond donors (Lipinski definition) is 0. The molecule has 0 N–H and O–H groups in total. The first-order valence-corrected chi connectivity index (χ1v) is 22.5. The molecule has 306 valence electrons. The van der Waals surface area contributed by atoms with Gasteiger partial charge in [-0.25, -0.2) is 0 Å². The lowest BCUT2D eigenvalue weighted by molar-refractivity contribution is 1.09. The van der Waals surface area contributed by atoms with Crippen LogP contribution >= 0.6 is 0 Å². The second kappa shape index (κ2) is 16.1. The van der Waals surface area contributed by atoms with Crippen molar-refractivity contribution in [1.29, 1.82) is 0 Å². The Morgan fingerprint density at radius 2 is 0.891 bits per heavy atom. The van der Waals surface area contributed by atoms with Gasteiger partial charge in [0.15, 0.2) is 0 Å². The number of benzene rings is 10. The van der Waals surface area contributed by atoms with E-state index in [-0.39, 0.29) is 0 Å². The normalized spacial score (nSPS) is 11.5. The fourth-order valence-corrected chi connectivity index (χ4v) is 10.0. The van der Waals surface area contributed by atoms with E-state index in [2.05, 4.69) is 236 Å². The van der Waals surface area contributed by atoms with Crippen LogP contribution in [0.3, 0.4) is 0 Å². The Morgan fingerprint density at radius 1 is 0.375 bits per heavy atom. The van der Waals surface area contributed by atoms with Gasteiger partial charge in [-0.2, -0.15) is 0 Å². The third-order valence-corrected chi connectivity index (χ3v) is 12.6. The molecule has 0 radical (unpaired) electrons. The zero-order chi connectivity index (χ0) is 43.3. The molecule has 2 aromatic heterocycles. The van der Waals surface area contributed by atoms with E-state index in [0.717, 1.165) is 5.69 Å². The molecule has 0 amide bonds. The van der Waals surface area contributed by atoms with E-state index in [1.54, 1.807) is 6.08 Å². The number of para-hydroxylation sites is 2. The van der Waals surface area contributed by atoms with Gasteiger partial charge < -0.3 is 9.13 Å². The Morgan fingerprint density at radius 3 is 1.61 bits per heavy atom. The van der Waals surface area contributed by atoms with Crippen molar-refractivity contribution in [2.45, 2.75) is 27.2 Å². The molecule has 0 saturated carbocycles. The molecule has 0 bridgehead atoms. The summed E-state index contributed by atoms with van der Waals surface area (Å²) in [5.41, 5.74) is 17.4. The summed E-state index contributed by atoms with van der Waals surface area (Å²) in [6.07, 6.45) is 3.00. The van der Waals surface area contributed by atoms with Crippen LogP contribution in [-0.4, -0.2) is 9.13 Å². The van der Waals surface area contributed by atoms with Crippen LogP contribution in [0.25, 0.3) is 121 Å². The van der Waals surface area contributed by atoms with Gasteiger partial charge in [0.1, 0.15) is 0 Å². The molecule has 12 aromatic rings. The number of nitrogens with zero attached hydrogens (tertiary/aromatic N) is 2. The van der Waals surface area contributed by atoms with Crippen molar-refractivity contribution >= 4 is 65.2 Å². The Balaban J connectivity index is 0.000000723. The van der Waals surface area contributed by atoms with Crippen LogP contribution in [-0.2, 0) is 0 Å². The molecule has 0 spiro atoms. The van der Waals surface area contributed by atoms with Crippen LogP contribution in [0.4, 0.5) is 0 Å². The number of rotatable bonds is 4. The van der Waals surface area contributed by atoms with E-state index in [0.29, 0.717) is 0 Å². The number of aromatic nitrogens is 2. The lowest BCUT2D eigenvalue weighted by Crippen LogP contribution is -1.95. The molecule has 2 heteroatoms. The molecule has 0 unspecified atom stereocenters. The van der Waals surface area contributed by atoms with Crippen LogP contribution in [0, 0.1) is 0 Å². The summed E-state index contributed by atoms with van der Waals surface area (Å²) in [5, 5.41) is 10.2. The van der Waals surface area contributed by atoms with Gasteiger partial charge in [0.2, 0.25) is 0 Å². The van der Waals surface area contributed by atoms with Crippen LogP contribution in [0.2, 0.25) is 0 Å². The highest BCUT2D eigenvalue weighted by Gasteiger charge is 2.22. The number of fused-ring (bicyclic) bond motifs is 11. The van der Waals surface area contributed by atoms with Gasteiger partial charge in [-0.15, -0.1) is 6.58 Å². The van der Waals surface area contributed by atoms with E-state index in [4.69, 9.17) is 0 Å². The van der Waals surface area contributed by atoms with E-state index in [9.17, 15) is 0 Å². The molecule has 1 aliphatic carbocycles. The Hall–Kier alpha value is -7.94. The number of hydrogen-bond acceptors (Lipinski definition) is 0. The Labute approximate surface area is 374 Å². The van der Waals surface area contributed by atoms with Gasteiger partial charge in [0.05, 0.1) is 22.1 Å². The first-order valence-electron chi connectivity index (χ1n) is 22.5. The summed E-state index contributed by atoms with van der Waals surface area (Å²) in [6, 6.07) is 76.2. The van der Waals surface area contributed by atoms with Gasteiger partial charge in [0, 0.05) is 38.3 Å². The van der Waals surface area contributed by atoms with Crippen molar-refractivity contribution in [1.82, 2.24) is 9.13 Å². The summed E-state index contributed by atoms with van der Waals surface area (Å²) in [7, 11) is 0. The average Bonchev–Trinajstić information content (AvgIpc) is 3.98. The van der Waals surface area contributed by atoms with E-state index >= 15 is 0 Å². The summed E-state index contributed by atoms with van der Waals surface area (Å²) in [6.45, 7) is 9.50. The first-order chi connectivity index (χ1) is 31.6. The van der Waals surface area contributed by atoms with Crippen LogP contribution in [0.5, 0.6) is 0 Å². The molecule has 0 fully saturated rings. The molecule has 13 rings (SSSR count). The average molecular weight is 821 g/mol. The quantitative estimate of drug-likeness (QED) is 0.157. The molecule has 0 atom stereocenters. The monoisotopic (exact) mass is 820 g/mol. The molecular weight excluding hydrogens is 773 g/mol. The molecule has 1 aliphatic rings. The fourth-order valence-electron chi connectivity index (χ4n) is 10.0. The van der Waals surface area contributed by atoms with Gasteiger partial charge in [-0.05, 0) is 128 Å². The van der Waals surface area contributed by atoms with Crippen molar-refractivity contribution in [3.8, 4) is 55.9 Å². The standard InChI is InChI=1S/C56H34N2.C3H8.C3H6/c1-2-13-41(14-3-1)57-52-19-7-6-16-45(52)50-33-39(24-30-53(50)57)40-25-31-54-51(34-40)48-29-22-36-10-4-5-15-43(36)56(48)58(54)42-26-20-35(21-27-42)38-23-28-44-46-17-8-11-37-12-9-18-47(55(37)46)49(44)32-38;2*1-3-2/h1-34H;3H2,1-2H3;3H,1H2,2H3. The van der Waals surface area contributed by atoms with Crippen molar-refractivity contribution in [2.75, 3.05) is 0 Å².